The Hall–Kier alpha value is -2.60. The van der Waals surface area contributed by atoms with Crippen LogP contribution in [0.1, 0.15) is 17.7 Å². The van der Waals surface area contributed by atoms with Gasteiger partial charge in [0.2, 0.25) is 5.91 Å². The van der Waals surface area contributed by atoms with Crippen molar-refractivity contribution in [3.05, 3.63) is 53.9 Å². The summed E-state index contributed by atoms with van der Waals surface area (Å²) in [5.41, 5.74) is 3.04. The lowest BCUT2D eigenvalue weighted by Crippen LogP contribution is -2.63. The summed E-state index contributed by atoms with van der Waals surface area (Å²) in [6.07, 6.45) is 3.59. The highest BCUT2D eigenvalue weighted by Gasteiger charge is 2.46. The number of rotatable bonds is 5. The Kier molecular flexibility index (Phi) is 5.72. The van der Waals surface area contributed by atoms with E-state index in [1.165, 1.54) is 5.69 Å². The topological polar surface area (TPSA) is 57.7 Å². The van der Waals surface area contributed by atoms with Gasteiger partial charge in [0, 0.05) is 56.8 Å². The molecule has 1 aromatic heterocycles. The fourth-order valence-corrected chi connectivity index (χ4v) is 4.39. The number of nitrogens with one attached hydrogen (secondary N) is 1. The second-order valence-corrected chi connectivity index (χ2v) is 8.20. The van der Waals surface area contributed by atoms with Crippen LogP contribution in [0, 0.1) is 12.3 Å². The van der Waals surface area contributed by atoms with Gasteiger partial charge in [-0.1, -0.05) is 12.1 Å². The van der Waals surface area contributed by atoms with Gasteiger partial charge in [-0.05, 0) is 49.6 Å². The molecular formula is C23H30N4O2. The number of ether oxygens (including phenoxy) is 1. The van der Waals surface area contributed by atoms with E-state index < -0.39 is 0 Å². The van der Waals surface area contributed by atoms with Crippen molar-refractivity contribution in [2.75, 3.05) is 51.3 Å². The second kappa shape index (κ2) is 8.41. The maximum atomic E-state index is 13.5. The lowest BCUT2D eigenvalue weighted by molar-refractivity contribution is -0.145. The van der Waals surface area contributed by atoms with Crippen LogP contribution in [0.4, 0.5) is 5.69 Å². The molecule has 2 fully saturated rings. The van der Waals surface area contributed by atoms with Crippen molar-refractivity contribution >= 4 is 11.6 Å². The smallest absolute Gasteiger partial charge is 0.231 e. The molecule has 0 radical (unpaired) electrons. The third-order valence-electron chi connectivity index (χ3n) is 6.09. The monoisotopic (exact) mass is 394 g/mol. The highest BCUT2D eigenvalue weighted by atomic mass is 16.5. The molecule has 4 rings (SSSR count). The summed E-state index contributed by atoms with van der Waals surface area (Å²) in [7, 11) is 1.68. The number of aryl methyl sites for hydroxylation is 1. The average molecular weight is 395 g/mol. The molecule has 1 N–H and O–H groups in total. The Morgan fingerprint density at radius 3 is 2.76 bits per heavy atom. The van der Waals surface area contributed by atoms with E-state index in [9.17, 15) is 4.79 Å². The summed E-state index contributed by atoms with van der Waals surface area (Å²) >= 11 is 0. The number of benzene rings is 1. The summed E-state index contributed by atoms with van der Waals surface area (Å²) < 4.78 is 5.36. The first kappa shape index (κ1) is 19.7. The van der Waals surface area contributed by atoms with E-state index in [2.05, 4.69) is 38.3 Å². The molecule has 2 aromatic rings. The SMILES string of the molecule is COc1cccc(CC2(C(=O)N3CCCN(c4ccnc(C)c4)CC3)CNC2)c1. The third kappa shape index (κ3) is 4.22. The number of nitrogens with zero attached hydrogens (tertiary/aromatic N) is 3. The number of carbonyl (C=O) groups is 1. The fraction of sp³-hybridized carbons (Fsp3) is 0.478. The molecule has 0 saturated carbocycles. The van der Waals surface area contributed by atoms with Gasteiger partial charge in [0.25, 0.3) is 0 Å². The number of amides is 1. The van der Waals surface area contributed by atoms with Gasteiger partial charge < -0.3 is 19.9 Å². The van der Waals surface area contributed by atoms with E-state index in [4.69, 9.17) is 4.74 Å². The minimum Gasteiger partial charge on any atom is -0.497 e. The van der Waals surface area contributed by atoms with E-state index >= 15 is 0 Å². The molecular weight excluding hydrogens is 364 g/mol. The standard InChI is InChI=1S/C23H30N4O2/c1-18-13-20(7-8-25-18)26-9-4-10-27(12-11-26)22(28)23(16-24-17-23)15-19-5-3-6-21(14-19)29-2/h3,5-8,13-14,24H,4,9-12,15-17H2,1-2H3. The number of hydrogen-bond donors (Lipinski definition) is 1. The third-order valence-corrected chi connectivity index (χ3v) is 6.09. The van der Waals surface area contributed by atoms with Crippen LogP contribution in [0.5, 0.6) is 5.75 Å². The Bertz CT molecular complexity index is 865. The van der Waals surface area contributed by atoms with Gasteiger partial charge in [-0.3, -0.25) is 9.78 Å². The van der Waals surface area contributed by atoms with Crippen molar-refractivity contribution in [1.29, 1.82) is 0 Å². The van der Waals surface area contributed by atoms with Crippen LogP contribution in [0.2, 0.25) is 0 Å². The van der Waals surface area contributed by atoms with Crippen molar-refractivity contribution in [3.8, 4) is 5.75 Å². The van der Waals surface area contributed by atoms with Crippen LogP contribution in [0.3, 0.4) is 0 Å². The first-order valence-corrected chi connectivity index (χ1v) is 10.4. The van der Waals surface area contributed by atoms with Crippen molar-refractivity contribution in [3.63, 3.8) is 0 Å². The lowest BCUT2D eigenvalue weighted by Gasteiger charge is -2.44. The number of hydrogen-bond acceptors (Lipinski definition) is 5. The fourth-order valence-electron chi connectivity index (χ4n) is 4.39. The number of carbonyl (C=O) groups excluding carboxylic acids is 1. The van der Waals surface area contributed by atoms with Crippen molar-refractivity contribution < 1.29 is 9.53 Å². The highest BCUT2D eigenvalue weighted by molar-refractivity contribution is 5.85. The minimum atomic E-state index is -0.339. The van der Waals surface area contributed by atoms with E-state index in [1.54, 1.807) is 7.11 Å². The molecule has 0 spiro atoms. The van der Waals surface area contributed by atoms with Crippen LogP contribution in [-0.4, -0.2) is 62.2 Å². The van der Waals surface area contributed by atoms with E-state index in [-0.39, 0.29) is 11.3 Å². The average Bonchev–Trinajstić information content (AvgIpc) is 2.97. The molecule has 1 aromatic carbocycles. The molecule has 29 heavy (non-hydrogen) atoms. The molecule has 3 heterocycles. The largest absolute Gasteiger partial charge is 0.497 e. The predicted molar refractivity (Wildman–Crippen MR) is 114 cm³/mol. The summed E-state index contributed by atoms with van der Waals surface area (Å²) in [6, 6.07) is 12.3. The molecule has 154 valence electrons. The van der Waals surface area contributed by atoms with Gasteiger partial charge in [0.1, 0.15) is 5.75 Å². The van der Waals surface area contributed by atoms with Gasteiger partial charge in [0.05, 0.1) is 12.5 Å². The molecule has 0 bridgehead atoms. The molecule has 0 aliphatic carbocycles. The van der Waals surface area contributed by atoms with Crippen molar-refractivity contribution in [2.24, 2.45) is 5.41 Å². The molecule has 1 amide bonds. The quantitative estimate of drug-likeness (QED) is 0.843. The Morgan fingerprint density at radius 1 is 1.17 bits per heavy atom. The molecule has 6 nitrogen and oxygen atoms in total. The van der Waals surface area contributed by atoms with Gasteiger partial charge in [-0.15, -0.1) is 0 Å². The van der Waals surface area contributed by atoms with Gasteiger partial charge in [-0.25, -0.2) is 0 Å². The van der Waals surface area contributed by atoms with Crippen molar-refractivity contribution in [1.82, 2.24) is 15.2 Å². The summed E-state index contributed by atoms with van der Waals surface area (Å²) in [4.78, 5) is 22.3. The molecule has 2 aliphatic heterocycles. The predicted octanol–water partition coefficient (Wildman–Crippen LogP) is 2.27. The lowest BCUT2D eigenvalue weighted by atomic mass is 9.75. The van der Waals surface area contributed by atoms with E-state index in [1.807, 2.05) is 31.3 Å². The zero-order chi connectivity index (χ0) is 20.3. The first-order valence-electron chi connectivity index (χ1n) is 10.4. The summed E-state index contributed by atoms with van der Waals surface area (Å²) in [5.74, 6) is 1.13. The van der Waals surface area contributed by atoms with Crippen LogP contribution < -0.4 is 15.0 Å². The zero-order valence-corrected chi connectivity index (χ0v) is 17.4. The molecule has 6 heteroatoms. The number of aromatic nitrogens is 1. The maximum absolute atomic E-state index is 13.5. The Labute approximate surface area is 172 Å². The van der Waals surface area contributed by atoms with Crippen molar-refractivity contribution in [2.45, 2.75) is 19.8 Å². The van der Waals surface area contributed by atoms with Crippen LogP contribution >= 0.6 is 0 Å². The number of anilines is 1. The highest BCUT2D eigenvalue weighted by Crippen LogP contribution is 2.32. The molecule has 2 saturated heterocycles. The van der Waals surface area contributed by atoms with E-state index in [0.29, 0.717) is 0 Å². The van der Waals surface area contributed by atoms with Gasteiger partial charge >= 0.3 is 0 Å². The maximum Gasteiger partial charge on any atom is 0.231 e. The zero-order valence-electron chi connectivity index (χ0n) is 17.4. The van der Waals surface area contributed by atoms with Crippen LogP contribution in [-0.2, 0) is 11.2 Å². The summed E-state index contributed by atoms with van der Waals surface area (Å²) in [5, 5.41) is 3.33. The second-order valence-electron chi connectivity index (χ2n) is 8.20. The number of methoxy groups -OCH3 is 1. The van der Waals surface area contributed by atoms with Gasteiger partial charge in [-0.2, -0.15) is 0 Å². The van der Waals surface area contributed by atoms with Crippen LogP contribution in [0.25, 0.3) is 0 Å². The summed E-state index contributed by atoms with van der Waals surface area (Å²) in [6.45, 7) is 6.91. The normalized spacial score (nSPS) is 18.7. The van der Waals surface area contributed by atoms with Gasteiger partial charge in [0.15, 0.2) is 0 Å². The van der Waals surface area contributed by atoms with E-state index in [0.717, 1.165) is 69.1 Å². The molecule has 0 unspecified atom stereocenters. The minimum absolute atomic E-state index is 0.284. The number of pyridine rings is 1. The Balaban J connectivity index is 1.45. The molecule has 0 atom stereocenters. The van der Waals surface area contributed by atoms with Crippen LogP contribution in [0.15, 0.2) is 42.6 Å². The Morgan fingerprint density at radius 2 is 2.03 bits per heavy atom. The first-order chi connectivity index (χ1) is 14.1. The molecule has 2 aliphatic rings.